The molecule has 0 saturated heterocycles. The molecule has 0 aliphatic rings. The van der Waals surface area contributed by atoms with Crippen molar-refractivity contribution < 1.29 is 18.7 Å². The van der Waals surface area contributed by atoms with Gasteiger partial charge in [-0.15, -0.1) is 0 Å². The van der Waals surface area contributed by atoms with Crippen molar-refractivity contribution in [2.24, 2.45) is 0 Å². The molecule has 2 rings (SSSR count). The highest BCUT2D eigenvalue weighted by atomic mass is 19.1. The predicted molar refractivity (Wildman–Crippen MR) is 84.2 cm³/mol. The molecule has 0 fully saturated rings. The van der Waals surface area contributed by atoms with Gasteiger partial charge in [0.15, 0.2) is 0 Å². The van der Waals surface area contributed by atoms with Gasteiger partial charge in [-0.05, 0) is 38.5 Å². The Morgan fingerprint density at radius 3 is 2.48 bits per heavy atom. The van der Waals surface area contributed by atoms with Crippen LogP contribution in [-0.2, 0) is 5.60 Å². The van der Waals surface area contributed by atoms with Crippen LogP contribution in [0.4, 0.5) is 8.78 Å². The predicted octanol–water partition coefficient (Wildman–Crippen LogP) is 3.22. The van der Waals surface area contributed by atoms with Crippen molar-refractivity contribution in [3.63, 3.8) is 0 Å². The largest absolute Gasteiger partial charge is 0.383 e. The van der Waals surface area contributed by atoms with Gasteiger partial charge in [0.1, 0.15) is 17.2 Å². The van der Waals surface area contributed by atoms with Crippen LogP contribution >= 0.6 is 0 Å². The third kappa shape index (κ3) is 3.93. The first kappa shape index (κ1) is 17.1. The highest BCUT2D eigenvalue weighted by Crippen LogP contribution is 2.23. The zero-order chi connectivity index (χ0) is 17.2. The van der Waals surface area contributed by atoms with Gasteiger partial charge < -0.3 is 10.4 Å². The Hall–Kier alpha value is -2.27. The lowest BCUT2D eigenvalue weighted by Crippen LogP contribution is -2.39. The average molecular weight is 319 g/mol. The van der Waals surface area contributed by atoms with Crippen LogP contribution in [-0.4, -0.2) is 17.6 Å². The van der Waals surface area contributed by atoms with Gasteiger partial charge in [0.2, 0.25) is 0 Å². The zero-order valence-electron chi connectivity index (χ0n) is 13.3. The molecule has 0 spiro atoms. The standard InChI is InChI=1S/C18H19F2NO2/c1-11-4-6-14(12(2)8-11)17(22)21-10-18(3,23)15-7-5-13(19)9-16(15)20/h4-9,23H,10H2,1-3H3,(H,21,22). The van der Waals surface area contributed by atoms with Crippen LogP contribution in [0.1, 0.15) is 34.0 Å². The van der Waals surface area contributed by atoms with Crippen molar-refractivity contribution in [3.05, 3.63) is 70.3 Å². The van der Waals surface area contributed by atoms with Crippen molar-refractivity contribution in [2.75, 3.05) is 6.54 Å². The van der Waals surface area contributed by atoms with Gasteiger partial charge in [-0.25, -0.2) is 8.78 Å². The van der Waals surface area contributed by atoms with E-state index in [2.05, 4.69) is 5.32 Å². The Balaban J connectivity index is 2.13. The number of hydrogen-bond acceptors (Lipinski definition) is 2. The molecule has 122 valence electrons. The third-order valence-corrected chi connectivity index (χ3v) is 3.73. The van der Waals surface area contributed by atoms with Gasteiger partial charge in [0.05, 0.1) is 6.54 Å². The van der Waals surface area contributed by atoms with E-state index in [4.69, 9.17) is 0 Å². The fraction of sp³-hybridized carbons (Fsp3) is 0.278. The monoisotopic (exact) mass is 319 g/mol. The molecule has 3 nitrogen and oxygen atoms in total. The van der Waals surface area contributed by atoms with Crippen molar-refractivity contribution in [1.29, 1.82) is 0 Å². The second-order valence-electron chi connectivity index (χ2n) is 5.90. The third-order valence-electron chi connectivity index (χ3n) is 3.73. The Kier molecular flexibility index (Phi) is 4.80. The molecule has 1 unspecified atom stereocenters. The highest BCUT2D eigenvalue weighted by Gasteiger charge is 2.27. The minimum Gasteiger partial charge on any atom is -0.383 e. The average Bonchev–Trinajstić information content (AvgIpc) is 2.44. The van der Waals surface area contributed by atoms with Crippen LogP contribution in [0.5, 0.6) is 0 Å². The minimum absolute atomic E-state index is 0.0696. The molecule has 5 heteroatoms. The second kappa shape index (κ2) is 6.46. The normalized spacial score (nSPS) is 13.5. The van der Waals surface area contributed by atoms with Gasteiger partial charge in [0.25, 0.3) is 5.91 Å². The number of carbonyl (C=O) groups excluding carboxylic acids is 1. The molecule has 0 heterocycles. The number of carbonyl (C=O) groups is 1. The summed E-state index contributed by atoms with van der Waals surface area (Å²) in [4.78, 5) is 12.2. The number of aryl methyl sites for hydroxylation is 2. The van der Waals surface area contributed by atoms with E-state index in [-0.39, 0.29) is 18.0 Å². The fourth-order valence-corrected chi connectivity index (χ4v) is 2.44. The maximum absolute atomic E-state index is 13.8. The molecule has 0 radical (unpaired) electrons. The van der Waals surface area contributed by atoms with E-state index in [1.54, 1.807) is 6.07 Å². The molecule has 2 N–H and O–H groups in total. The van der Waals surface area contributed by atoms with E-state index in [0.29, 0.717) is 11.6 Å². The SMILES string of the molecule is Cc1ccc(C(=O)NCC(C)(O)c2ccc(F)cc2F)c(C)c1. The first-order valence-electron chi connectivity index (χ1n) is 7.24. The number of halogens is 2. The summed E-state index contributed by atoms with van der Waals surface area (Å²) in [5.41, 5.74) is 0.631. The minimum atomic E-state index is -1.65. The van der Waals surface area contributed by atoms with Crippen LogP contribution in [0.2, 0.25) is 0 Å². The van der Waals surface area contributed by atoms with E-state index in [1.807, 2.05) is 26.0 Å². The molecule has 23 heavy (non-hydrogen) atoms. The number of hydrogen-bond donors (Lipinski definition) is 2. The van der Waals surface area contributed by atoms with Crippen molar-refractivity contribution in [3.8, 4) is 0 Å². The number of benzene rings is 2. The Morgan fingerprint density at radius 1 is 1.17 bits per heavy atom. The smallest absolute Gasteiger partial charge is 0.251 e. The molecule has 2 aromatic carbocycles. The summed E-state index contributed by atoms with van der Waals surface area (Å²) < 4.78 is 26.7. The Labute approximate surface area is 134 Å². The first-order valence-corrected chi connectivity index (χ1v) is 7.24. The molecule has 0 bridgehead atoms. The number of amides is 1. The lowest BCUT2D eigenvalue weighted by molar-refractivity contribution is 0.0494. The molecular formula is C18H19F2NO2. The lowest BCUT2D eigenvalue weighted by Gasteiger charge is -2.25. The Morgan fingerprint density at radius 2 is 1.87 bits per heavy atom. The summed E-state index contributed by atoms with van der Waals surface area (Å²) in [6.07, 6.45) is 0. The summed E-state index contributed by atoms with van der Waals surface area (Å²) in [6.45, 7) is 4.92. The molecule has 2 aromatic rings. The maximum Gasteiger partial charge on any atom is 0.251 e. The van der Waals surface area contributed by atoms with Crippen LogP contribution in [0.15, 0.2) is 36.4 Å². The summed E-state index contributed by atoms with van der Waals surface area (Å²) in [5.74, 6) is -1.93. The fourth-order valence-electron chi connectivity index (χ4n) is 2.44. The van der Waals surface area contributed by atoms with Crippen LogP contribution < -0.4 is 5.32 Å². The molecule has 1 amide bonds. The summed E-state index contributed by atoms with van der Waals surface area (Å²) >= 11 is 0. The summed E-state index contributed by atoms with van der Waals surface area (Å²) in [7, 11) is 0. The molecule has 1 atom stereocenters. The Bertz CT molecular complexity index is 742. The van der Waals surface area contributed by atoms with E-state index >= 15 is 0 Å². The summed E-state index contributed by atoms with van der Waals surface area (Å²) in [6, 6.07) is 8.35. The quantitative estimate of drug-likeness (QED) is 0.909. The highest BCUT2D eigenvalue weighted by molar-refractivity contribution is 5.95. The summed E-state index contributed by atoms with van der Waals surface area (Å²) in [5, 5.41) is 13.0. The topological polar surface area (TPSA) is 49.3 Å². The van der Waals surface area contributed by atoms with Gasteiger partial charge in [-0.1, -0.05) is 23.8 Å². The van der Waals surface area contributed by atoms with E-state index in [9.17, 15) is 18.7 Å². The molecule has 0 saturated carbocycles. The maximum atomic E-state index is 13.8. The van der Waals surface area contributed by atoms with Crippen molar-refractivity contribution in [2.45, 2.75) is 26.4 Å². The number of nitrogens with one attached hydrogen (secondary N) is 1. The molecular weight excluding hydrogens is 300 g/mol. The van der Waals surface area contributed by atoms with E-state index in [1.165, 1.54) is 13.0 Å². The van der Waals surface area contributed by atoms with E-state index < -0.39 is 17.2 Å². The van der Waals surface area contributed by atoms with Gasteiger partial charge in [-0.2, -0.15) is 0 Å². The first-order chi connectivity index (χ1) is 10.7. The molecule has 0 aliphatic carbocycles. The van der Waals surface area contributed by atoms with Gasteiger partial charge >= 0.3 is 0 Å². The van der Waals surface area contributed by atoms with Crippen LogP contribution in [0, 0.1) is 25.5 Å². The van der Waals surface area contributed by atoms with Crippen LogP contribution in [0.25, 0.3) is 0 Å². The van der Waals surface area contributed by atoms with E-state index in [0.717, 1.165) is 17.2 Å². The van der Waals surface area contributed by atoms with Gasteiger partial charge in [-0.3, -0.25) is 4.79 Å². The second-order valence-corrected chi connectivity index (χ2v) is 5.90. The lowest BCUT2D eigenvalue weighted by atomic mass is 9.95. The number of rotatable bonds is 4. The number of aliphatic hydroxyl groups is 1. The van der Waals surface area contributed by atoms with Crippen molar-refractivity contribution in [1.82, 2.24) is 5.32 Å². The zero-order valence-corrected chi connectivity index (χ0v) is 13.3. The molecule has 0 aromatic heterocycles. The van der Waals surface area contributed by atoms with Crippen molar-refractivity contribution >= 4 is 5.91 Å². The van der Waals surface area contributed by atoms with Crippen LogP contribution in [0.3, 0.4) is 0 Å². The van der Waals surface area contributed by atoms with Gasteiger partial charge in [0, 0.05) is 17.2 Å². The molecule has 0 aliphatic heterocycles.